The van der Waals surface area contributed by atoms with Crippen LogP contribution in [-0.4, -0.2) is 17.1 Å². The van der Waals surface area contributed by atoms with Crippen molar-refractivity contribution in [2.75, 3.05) is 12.8 Å². The summed E-state index contributed by atoms with van der Waals surface area (Å²) in [5.74, 6) is 1.93. The highest BCUT2D eigenvalue weighted by Crippen LogP contribution is 2.40. The van der Waals surface area contributed by atoms with Crippen LogP contribution in [0, 0.1) is 3.57 Å². The van der Waals surface area contributed by atoms with E-state index in [1.165, 1.54) is 18.4 Å². The first-order chi connectivity index (χ1) is 9.69. The summed E-state index contributed by atoms with van der Waals surface area (Å²) in [6, 6.07) is 8.48. The molecule has 0 spiro atoms. The normalized spacial score (nSPS) is 14.5. The average molecular weight is 381 g/mol. The van der Waals surface area contributed by atoms with Gasteiger partial charge in [0.2, 0.25) is 0 Å². The number of hydrogen-bond donors (Lipinski definition) is 1. The van der Waals surface area contributed by atoms with Gasteiger partial charge < -0.3 is 10.5 Å². The van der Waals surface area contributed by atoms with E-state index in [1.807, 2.05) is 0 Å². The number of nitrogens with zero attached hydrogens (tertiary/aromatic N) is 2. The van der Waals surface area contributed by atoms with E-state index in [1.54, 1.807) is 7.11 Å². The number of nitrogens with two attached hydrogens (primary N) is 1. The number of ether oxygens (including phenoxy) is 1. The van der Waals surface area contributed by atoms with Crippen LogP contribution in [0.3, 0.4) is 0 Å². The minimum absolute atomic E-state index is 0.443. The average Bonchev–Trinajstić information content (AvgIpc) is 3.29. The molecule has 0 unspecified atom stereocenters. The van der Waals surface area contributed by atoms with Gasteiger partial charge in [0.1, 0.15) is 5.82 Å². The fourth-order valence-corrected chi connectivity index (χ4v) is 2.59. The van der Waals surface area contributed by atoms with Gasteiger partial charge in [-0.25, -0.2) is 9.97 Å². The lowest BCUT2D eigenvalue weighted by Gasteiger charge is -2.09. The fraction of sp³-hybridized carbons (Fsp3) is 0.333. The Kier molecular flexibility index (Phi) is 3.89. The molecule has 1 heterocycles. The van der Waals surface area contributed by atoms with Crippen LogP contribution >= 0.6 is 22.6 Å². The molecule has 2 N–H and O–H groups in total. The zero-order valence-electron chi connectivity index (χ0n) is 11.3. The van der Waals surface area contributed by atoms with Crippen LogP contribution in [0.4, 0.5) is 5.82 Å². The minimum atomic E-state index is 0.443. The van der Waals surface area contributed by atoms with Gasteiger partial charge in [0.15, 0.2) is 5.82 Å². The molecule has 104 valence electrons. The molecule has 5 heteroatoms. The number of nitrogen functional groups attached to an aromatic ring is 1. The summed E-state index contributed by atoms with van der Waals surface area (Å²) < 4.78 is 6.03. The van der Waals surface area contributed by atoms with E-state index in [9.17, 15) is 0 Å². The third-order valence-corrected chi connectivity index (χ3v) is 4.62. The molecular formula is C15H16IN3O. The summed E-state index contributed by atoms with van der Waals surface area (Å²) in [6.07, 6.45) is 2.62. The second kappa shape index (κ2) is 5.65. The highest BCUT2D eigenvalue weighted by atomic mass is 127. The predicted molar refractivity (Wildman–Crippen MR) is 87.3 cm³/mol. The molecule has 0 radical (unpaired) electrons. The maximum atomic E-state index is 5.96. The van der Waals surface area contributed by atoms with Crippen LogP contribution in [-0.2, 0) is 11.3 Å². The van der Waals surface area contributed by atoms with Gasteiger partial charge in [-0.2, -0.15) is 0 Å². The summed E-state index contributed by atoms with van der Waals surface area (Å²) in [7, 11) is 1.65. The molecule has 3 rings (SSSR count). The van der Waals surface area contributed by atoms with Crippen molar-refractivity contribution in [1.82, 2.24) is 9.97 Å². The Morgan fingerprint density at radius 3 is 2.55 bits per heavy atom. The van der Waals surface area contributed by atoms with Gasteiger partial charge in [-0.1, -0.05) is 24.3 Å². The Hall–Kier alpha value is -1.21. The second-order valence-corrected chi connectivity index (χ2v) is 6.10. The molecule has 1 saturated carbocycles. The van der Waals surface area contributed by atoms with Crippen LogP contribution in [0.5, 0.6) is 0 Å². The van der Waals surface area contributed by atoms with Crippen molar-refractivity contribution in [2.24, 2.45) is 0 Å². The maximum absolute atomic E-state index is 5.96. The quantitative estimate of drug-likeness (QED) is 0.826. The molecule has 0 saturated heterocycles. The molecule has 0 amide bonds. The molecule has 1 aromatic heterocycles. The number of halogens is 1. The Labute approximate surface area is 131 Å². The minimum Gasteiger partial charge on any atom is -0.383 e. The predicted octanol–water partition coefficient (Wildman–Crippen LogP) is 3.35. The lowest BCUT2D eigenvalue weighted by molar-refractivity contribution is 0.181. The lowest BCUT2D eigenvalue weighted by atomic mass is 10.1. The summed E-state index contributed by atoms with van der Waals surface area (Å²) in [6.45, 7) is 0.443. The molecule has 1 fully saturated rings. The van der Waals surface area contributed by atoms with Crippen molar-refractivity contribution in [3.05, 3.63) is 39.1 Å². The first kappa shape index (κ1) is 13.8. The molecular weight excluding hydrogens is 365 g/mol. The summed E-state index contributed by atoms with van der Waals surface area (Å²) >= 11 is 2.16. The standard InChI is InChI=1S/C15H16IN3O/c1-20-8-12-13(16)14(17)19-15(18-12)11-6-4-10(5-7-11)9-2-3-9/h4-7,9H,2-3,8H2,1H3,(H2,17,18,19). The van der Waals surface area contributed by atoms with Crippen LogP contribution in [0.1, 0.15) is 30.0 Å². The van der Waals surface area contributed by atoms with Crippen molar-refractivity contribution in [1.29, 1.82) is 0 Å². The summed E-state index contributed by atoms with van der Waals surface area (Å²) in [4.78, 5) is 8.94. The number of rotatable bonds is 4. The molecule has 2 aromatic rings. The van der Waals surface area contributed by atoms with Gasteiger partial charge in [-0.3, -0.25) is 0 Å². The van der Waals surface area contributed by atoms with Crippen molar-refractivity contribution in [2.45, 2.75) is 25.4 Å². The molecule has 1 aliphatic rings. The van der Waals surface area contributed by atoms with E-state index in [4.69, 9.17) is 10.5 Å². The zero-order chi connectivity index (χ0) is 14.1. The Balaban J connectivity index is 1.95. The van der Waals surface area contributed by atoms with Crippen molar-refractivity contribution in [3.63, 3.8) is 0 Å². The van der Waals surface area contributed by atoms with Gasteiger partial charge in [0, 0.05) is 12.7 Å². The smallest absolute Gasteiger partial charge is 0.161 e. The van der Waals surface area contributed by atoms with Crippen molar-refractivity contribution >= 4 is 28.4 Å². The van der Waals surface area contributed by atoms with E-state index in [0.29, 0.717) is 18.2 Å². The first-order valence-corrected chi connectivity index (χ1v) is 7.68. The Bertz CT molecular complexity index is 624. The van der Waals surface area contributed by atoms with Crippen molar-refractivity contribution in [3.8, 4) is 11.4 Å². The summed E-state index contributed by atoms with van der Waals surface area (Å²) in [5.41, 5.74) is 9.20. The highest BCUT2D eigenvalue weighted by molar-refractivity contribution is 14.1. The van der Waals surface area contributed by atoms with Gasteiger partial charge in [-0.15, -0.1) is 0 Å². The largest absolute Gasteiger partial charge is 0.383 e. The third-order valence-electron chi connectivity index (χ3n) is 3.44. The number of benzene rings is 1. The SMILES string of the molecule is COCc1nc(-c2ccc(C3CC3)cc2)nc(N)c1I. The molecule has 1 aliphatic carbocycles. The fourth-order valence-electron chi connectivity index (χ4n) is 2.20. The van der Waals surface area contributed by atoms with Crippen LogP contribution < -0.4 is 5.73 Å². The van der Waals surface area contributed by atoms with Crippen molar-refractivity contribution < 1.29 is 4.74 Å². The molecule has 4 nitrogen and oxygen atoms in total. The Morgan fingerprint density at radius 2 is 1.95 bits per heavy atom. The first-order valence-electron chi connectivity index (χ1n) is 6.60. The number of methoxy groups -OCH3 is 1. The van der Waals surface area contributed by atoms with E-state index in [2.05, 4.69) is 56.8 Å². The van der Waals surface area contributed by atoms with Gasteiger partial charge in [0.25, 0.3) is 0 Å². The number of hydrogen-bond acceptors (Lipinski definition) is 4. The molecule has 20 heavy (non-hydrogen) atoms. The highest BCUT2D eigenvalue weighted by Gasteiger charge is 2.23. The van der Waals surface area contributed by atoms with Crippen LogP contribution in [0.25, 0.3) is 11.4 Å². The molecule has 0 bridgehead atoms. The summed E-state index contributed by atoms with van der Waals surface area (Å²) in [5, 5.41) is 0. The van der Waals surface area contributed by atoms with Gasteiger partial charge in [0.05, 0.1) is 15.9 Å². The molecule has 0 aliphatic heterocycles. The monoisotopic (exact) mass is 381 g/mol. The zero-order valence-corrected chi connectivity index (χ0v) is 13.4. The van der Waals surface area contributed by atoms with Gasteiger partial charge >= 0.3 is 0 Å². The van der Waals surface area contributed by atoms with E-state index < -0.39 is 0 Å². The van der Waals surface area contributed by atoms with Crippen LogP contribution in [0.2, 0.25) is 0 Å². The number of aromatic nitrogens is 2. The van der Waals surface area contributed by atoms with E-state index in [-0.39, 0.29) is 0 Å². The molecule has 1 aromatic carbocycles. The second-order valence-electron chi connectivity index (χ2n) is 5.02. The topological polar surface area (TPSA) is 61.0 Å². The van der Waals surface area contributed by atoms with E-state index in [0.717, 1.165) is 20.7 Å². The van der Waals surface area contributed by atoms with E-state index >= 15 is 0 Å². The molecule has 0 atom stereocenters. The Morgan fingerprint density at radius 1 is 1.25 bits per heavy atom. The maximum Gasteiger partial charge on any atom is 0.161 e. The third kappa shape index (κ3) is 2.78. The van der Waals surface area contributed by atoms with Crippen LogP contribution in [0.15, 0.2) is 24.3 Å². The van der Waals surface area contributed by atoms with Gasteiger partial charge in [-0.05, 0) is 46.9 Å². The number of anilines is 1. The lowest BCUT2D eigenvalue weighted by Crippen LogP contribution is -2.05.